The number of rotatable bonds is 4. The minimum Gasteiger partial charge on any atom is -0.378 e. The molecule has 3 rings (SSSR count). The lowest BCUT2D eigenvalue weighted by Gasteiger charge is -2.12. The van der Waals surface area contributed by atoms with E-state index in [9.17, 15) is 4.79 Å². The number of anilines is 2. The Kier molecular flexibility index (Phi) is 4.86. The second kappa shape index (κ2) is 7.07. The Labute approximate surface area is 152 Å². The highest BCUT2D eigenvalue weighted by molar-refractivity contribution is 7.14. The number of carbonyl (C=O) groups is 1. The molecule has 0 bridgehead atoms. The summed E-state index contributed by atoms with van der Waals surface area (Å²) in [7, 11) is 3.94. The minimum atomic E-state index is -0.146. The van der Waals surface area contributed by atoms with Crippen molar-refractivity contribution in [2.45, 2.75) is 13.8 Å². The topological polar surface area (TPSA) is 45.2 Å². The summed E-state index contributed by atoms with van der Waals surface area (Å²) in [6, 6.07) is 13.8. The maximum absolute atomic E-state index is 12.4. The molecule has 25 heavy (non-hydrogen) atoms. The van der Waals surface area contributed by atoms with Gasteiger partial charge in [0.2, 0.25) is 0 Å². The fraction of sp³-hybridized carbons (Fsp3) is 0.200. The zero-order chi connectivity index (χ0) is 18.0. The molecule has 0 spiro atoms. The number of benzene rings is 2. The maximum Gasteiger partial charge on any atom is 0.257 e. The van der Waals surface area contributed by atoms with Crippen molar-refractivity contribution in [3.05, 3.63) is 64.5 Å². The third-order valence-corrected chi connectivity index (χ3v) is 4.80. The van der Waals surface area contributed by atoms with Crippen LogP contribution in [0.2, 0.25) is 0 Å². The lowest BCUT2D eigenvalue weighted by Crippen LogP contribution is -2.13. The van der Waals surface area contributed by atoms with Crippen molar-refractivity contribution < 1.29 is 4.79 Å². The van der Waals surface area contributed by atoms with Crippen LogP contribution in [0.25, 0.3) is 11.3 Å². The average Bonchev–Trinajstić information content (AvgIpc) is 3.05. The van der Waals surface area contributed by atoms with Crippen molar-refractivity contribution in [1.82, 2.24) is 4.98 Å². The Morgan fingerprint density at radius 2 is 1.80 bits per heavy atom. The van der Waals surface area contributed by atoms with Gasteiger partial charge in [0.15, 0.2) is 5.13 Å². The largest absolute Gasteiger partial charge is 0.378 e. The van der Waals surface area contributed by atoms with E-state index in [2.05, 4.69) is 42.3 Å². The van der Waals surface area contributed by atoms with E-state index in [4.69, 9.17) is 0 Å². The lowest BCUT2D eigenvalue weighted by atomic mass is 10.0. The van der Waals surface area contributed by atoms with Gasteiger partial charge in [-0.25, -0.2) is 4.98 Å². The van der Waals surface area contributed by atoms with Crippen molar-refractivity contribution in [1.29, 1.82) is 0 Å². The van der Waals surface area contributed by atoms with Gasteiger partial charge in [0.25, 0.3) is 5.91 Å². The molecule has 1 aromatic heterocycles. The number of hydrogen-bond acceptors (Lipinski definition) is 4. The first kappa shape index (κ1) is 17.2. The highest BCUT2D eigenvalue weighted by Gasteiger charge is 2.11. The molecule has 0 aliphatic carbocycles. The molecule has 0 aliphatic rings. The molecule has 4 nitrogen and oxygen atoms in total. The number of nitrogens with one attached hydrogen (secondary N) is 1. The minimum absolute atomic E-state index is 0.146. The summed E-state index contributed by atoms with van der Waals surface area (Å²) >= 11 is 1.44. The molecular formula is C20H21N3OS. The van der Waals surface area contributed by atoms with Crippen molar-refractivity contribution in [3.8, 4) is 11.3 Å². The van der Waals surface area contributed by atoms with Crippen LogP contribution < -0.4 is 10.2 Å². The van der Waals surface area contributed by atoms with Crippen LogP contribution in [0.3, 0.4) is 0 Å². The standard InChI is InChI=1S/C20H21N3OS/c1-13-5-6-14(2)17(11-13)18-12-25-20(21-18)22-19(24)15-7-9-16(10-8-15)23(3)4/h5-12H,1-4H3,(H,21,22,24). The number of thiazole rings is 1. The molecule has 0 aliphatic heterocycles. The van der Waals surface area contributed by atoms with Crippen molar-refractivity contribution in [2.75, 3.05) is 24.3 Å². The van der Waals surface area contributed by atoms with Crippen molar-refractivity contribution in [2.24, 2.45) is 0 Å². The summed E-state index contributed by atoms with van der Waals surface area (Å²) in [6.07, 6.45) is 0. The summed E-state index contributed by atoms with van der Waals surface area (Å²) in [5.74, 6) is -0.146. The van der Waals surface area contributed by atoms with Crippen LogP contribution in [-0.2, 0) is 0 Å². The SMILES string of the molecule is Cc1ccc(C)c(-c2csc(NC(=O)c3ccc(N(C)C)cc3)n2)c1. The first-order chi connectivity index (χ1) is 11.9. The molecular weight excluding hydrogens is 330 g/mol. The van der Waals surface area contributed by atoms with Gasteiger partial charge in [0, 0.05) is 36.3 Å². The summed E-state index contributed by atoms with van der Waals surface area (Å²) in [4.78, 5) is 19.0. The molecule has 0 unspecified atom stereocenters. The maximum atomic E-state index is 12.4. The van der Waals surface area contributed by atoms with E-state index in [1.165, 1.54) is 22.5 Å². The number of hydrogen-bond donors (Lipinski definition) is 1. The molecule has 1 N–H and O–H groups in total. The number of amides is 1. The Hall–Kier alpha value is -2.66. The van der Waals surface area contributed by atoms with Crippen LogP contribution in [0, 0.1) is 13.8 Å². The fourth-order valence-corrected chi connectivity index (χ4v) is 3.25. The molecule has 0 fully saturated rings. The molecule has 0 atom stereocenters. The molecule has 3 aromatic rings. The van der Waals surface area contributed by atoms with Gasteiger partial charge in [0.1, 0.15) is 0 Å². The predicted molar refractivity (Wildman–Crippen MR) is 106 cm³/mol. The van der Waals surface area contributed by atoms with Crippen molar-refractivity contribution in [3.63, 3.8) is 0 Å². The normalized spacial score (nSPS) is 10.6. The van der Waals surface area contributed by atoms with Gasteiger partial charge in [-0.3, -0.25) is 10.1 Å². The van der Waals surface area contributed by atoms with Gasteiger partial charge in [-0.05, 0) is 49.7 Å². The monoisotopic (exact) mass is 351 g/mol. The zero-order valence-corrected chi connectivity index (χ0v) is 15.6. The molecule has 0 saturated carbocycles. The van der Waals surface area contributed by atoms with Crippen LogP contribution >= 0.6 is 11.3 Å². The van der Waals surface area contributed by atoms with Crippen LogP contribution in [0.4, 0.5) is 10.8 Å². The van der Waals surface area contributed by atoms with Gasteiger partial charge in [0.05, 0.1) is 5.69 Å². The van der Waals surface area contributed by atoms with Crippen LogP contribution in [0.1, 0.15) is 21.5 Å². The molecule has 1 amide bonds. The highest BCUT2D eigenvalue weighted by atomic mass is 32.1. The smallest absolute Gasteiger partial charge is 0.257 e. The first-order valence-electron chi connectivity index (χ1n) is 8.06. The Bertz CT molecular complexity index is 898. The lowest BCUT2D eigenvalue weighted by molar-refractivity contribution is 0.102. The number of nitrogens with zero attached hydrogens (tertiary/aromatic N) is 2. The van der Waals surface area contributed by atoms with Gasteiger partial charge < -0.3 is 4.90 Å². The quantitative estimate of drug-likeness (QED) is 0.738. The van der Waals surface area contributed by atoms with Crippen LogP contribution in [0.5, 0.6) is 0 Å². The Morgan fingerprint density at radius 1 is 1.08 bits per heavy atom. The van der Waals surface area contributed by atoms with E-state index in [-0.39, 0.29) is 5.91 Å². The van der Waals surface area contributed by atoms with Crippen LogP contribution in [0.15, 0.2) is 47.8 Å². The first-order valence-corrected chi connectivity index (χ1v) is 8.94. The van der Waals surface area contributed by atoms with Gasteiger partial charge in [-0.1, -0.05) is 17.7 Å². The van der Waals surface area contributed by atoms with E-state index in [1.807, 2.05) is 48.6 Å². The second-order valence-corrected chi connectivity index (χ2v) is 7.11. The van der Waals surface area contributed by atoms with E-state index < -0.39 is 0 Å². The molecule has 0 radical (unpaired) electrons. The van der Waals surface area contributed by atoms with E-state index in [0.29, 0.717) is 10.7 Å². The highest BCUT2D eigenvalue weighted by Crippen LogP contribution is 2.28. The van der Waals surface area contributed by atoms with Gasteiger partial charge >= 0.3 is 0 Å². The van der Waals surface area contributed by atoms with Gasteiger partial charge in [-0.2, -0.15) is 0 Å². The van der Waals surface area contributed by atoms with Crippen LogP contribution in [-0.4, -0.2) is 25.0 Å². The van der Waals surface area contributed by atoms with E-state index in [1.54, 1.807) is 0 Å². The summed E-state index contributed by atoms with van der Waals surface area (Å²) in [5.41, 5.74) is 6.04. The van der Waals surface area contributed by atoms with E-state index in [0.717, 1.165) is 16.9 Å². The Morgan fingerprint density at radius 3 is 2.48 bits per heavy atom. The third kappa shape index (κ3) is 3.88. The molecule has 128 valence electrons. The molecule has 1 heterocycles. The van der Waals surface area contributed by atoms with E-state index >= 15 is 0 Å². The zero-order valence-electron chi connectivity index (χ0n) is 14.8. The molecule has 0 saturated heterocycles. The molecule has 2 aromatic carbocycles. The second-order valence-electron chi connectivity index (χ2n) is 6.25. The predicted octanol–water partition coefficient (Wildman–Crippen LogP) is 4.75. The summed E-state index contributed by atoms with van der Waals surface area (Å²) in [5, 5.41) is 5.47. The Balaban J connectivity index is 1.77. The van der Waals surface area contributed by atoms with Gasteiger partial charge in [-0.15, -0.1) is 11.3 Å². The number of aromatic nitrogens is 1. The summed E-state index contributed by atoms with van der Waals surface area (Å²) < 4.78 is 0. The third-order valence-electron chi connectivity index (χ3n) is 4.04. The number of aryl methyl sites for hydroxylation is 2. The van der Waals surface area contributed by atoms with Crippen molar-refractivity contribution >= 4 is 28.1 Å². The number of carbonyl (C=O) groups excluding carboxylic acids is 1. The average molecular weight is 351 g/mol. The fourth-order valence-electron chi connectivity index (χ4n) is 2.55. The summed E-state index contributed by atoms with van der Waals surface area (Å²) in [6.45, 7) is 4.13. The molecule has 5 heteroatoms.